The molecule has 2 rings (SSSR count). The highest BCUT2D eigenvalue weighted by atomic mass is 16.5. The molecule has 3 heteroatoms. The first-order valence-electron chi connectivity index (χ1n) is 5.44. The number of hydrogen-bond donors (Lipinski definition) is 1. The molecular formula is C12H18N2O. The third-order valence-corrected chi connectivity index (χ3v) is 2.73. The molecule has 0 unspecified atom stereocenters. The second-order valence-electron chi connectivity index (χ2n) is 3.84. The number of anilines is 1. The van der Waals surface area contributed by atoms with E-state index in [-0.39, 0.29) is 0 Å². The minimum atomic E-state index is 0.696. The van der Waals surface area contributed by atoms with E-state index >= 15 is 0 Å². The van der Waals surface area contributed by atoms with Gasteiger partial charge in [-0.2, -0.15) is 0 Å². The van der Waals surface area contributed by atoms with E-state index in [0.717, 1.165) is 26.2 Å². The summed E-state index contributed by atoms with van der Waals surface area (Å²) in [5.74, 6) is 0. The maximum Gasteiger partial charge on any atom is 0.0713 e. The summed E-state index contributed by atoms with van der Waals surface area (Å²) in [5.41, 5.74) is 2.55. The standard InChI is InChI=1S/C12H18N2O/c1-15-10-11-2-4-12(5-3-11)14-8-6-13-7-9-14/h2-5,13H,6-10H2,1H3. The Kier molecular flexibility index (Phi) is 3.59. The summed E-state index contributed by atoms with van der Waals surface area (Å²) >= 11 is 0. The van der Waals surface area contributed by atoms with E-state index in [1.165, 1.54) is 11.3 Å². The van der Waals surface area contributed by atoms with Crippen LogP contribution in [0.4, 0.5) is 5.69 Å². The number of piperazine rings is 1. The first kappa shape index (κ1) is 10.5. The zero-order valence-electron chi connectivity index (χ0n) is 9.20. The number of benzene rings is 1. The summed E-state index contributed by atoms with van der Waals surface area (Å²) in [4.78, 5) is 2.41. The van der Waals surface area contributed by atoms with Crippen LogP contribution >= 0.6 is 0 Å². The topological polar surface area (TPSA) is 24.5 Å². The Balaban J connectivity index is 2.02. The molecule has 1 aromatic rings. The normalized spacial score (nSPS) is 16.7. The maximum absolute atomic E-state index is 5.09. The number of methoxy groups -OCH3 is 1. The molecular weight excluding hydrogens is 188 g/mol. The van der Waals surface area contributed by atoms with E-state index in [1.54, 1.807) is 7.11 Å². The average Bonchev–Trinajstić information content (AvgIpc) is 2.32. The van der Waals surface area contributed by atoms with Gasteiger partial charge in [-0.25, -0.2) is 0 Å². The van der Waals surface area contributed by atoms with Gasteiger partial charge >= 0.3 is 0 Å². The van der Waals surface area contributed by atoms with E-state index < -0.39 is 0 Å². The van der Waals surface area contributed by atoms with Crippen molar-refractivity contribution in [3.63, 3.8) is 0 Å². The zero-order chi connectivity index (χ0) is 10.5. The molecule has 0 amide bonds. The van der Waals surface area contributed by atoms with Crippen LogP contribution in [0.25, 0.3) is 0 Å². The fourth-order valence-corrected chi connectivity index (χ4v) is 1.89. The van der Waals surface area contributed by atoms with E-state index in [2.05, 4.69) is 34.5 Å². The first-order chi connectivity index (χ1) is 7.40. The Labute approximate surface area is 91.0 Å². The van der Waals surface area contributed by atoms with Crippen molar-refractivity contribution < 1.29 is 4.74 Å². The van der Waals surface area contributed by atoms with Gasteiger partial charge in [-0.1, -0.05) is 12.1 Å². The second-order valence-corrected chi connectivity index (χ2v) is 3.84. The summed E-state index contributed by atoms with van der Waals surface area (Å²) in [5, 5.41) is 3.35. The molecule has 0 aliphatic carbocycles. The van der Waals surface area contributed by atoms with Crippen molar-refractivity contribution in [2.45, 2.75) is 6.61 Å². The third-order valence-electron chi connectivity index (χ3n) is 2.73. The number of ether oxygens (including phenoxy) is 1. The highest BCUT2D eigenvalue weighted by Gasteiger charge is 2.09. The Morgan fingerprint density at radius 3 is 2.47 bits per heavy atom. The van der Waals surface area contributed by atoms with Crippen LogP contribution in [0.15, 0.2) is 24.3 Å². The lowest BCUT2D eigenvalue weighted by Crippen LogP contribution is -2.43. The molecule has 1 aromatic carbocycles. The number of nitrogens with one attached hydrogen (secondary N) is 1. The molecule has 0 spiro atoms. The molecule has 1 N–H and O–H groups in total. The minimum Gasteiger partial charge on any atom is -0.380 e. The Bertz CT molecular complexity index is 291. The summed E-state index contributed by atoms with van der Waals surface area (Å²) in [6, 6.07) is 8.64. The van der Waals surface area contributed by atoms with Crippen molar-refractivity contribution in [2.24, 2.45) is 0 Å². The molecule has 1 aliphatic rings. The largest absolute Gasteiger partial charge is 0.380 e. The van der Waals surface area contributed by atoms with Gasteiger partial charge in [0.15, 0.2) is 0 Å². The third kappa shape index (κ3) is 2.70. The lowest BCUT2D eigenvalue weighted by molar-refractivity contribution is 0.185. The lowest BCUT2D eigenvalue weighted by Gasteiger charge is -2.29. The van der Waals surface area contributed by atoms with Crippen molar-refractivity contribution in [3.8, 4) is 0 Å². The smallest absolute Gasteiger partial charge is 0.0713 e. The Morgan fingerprint density at radius 1 is 1.20 bits per heavy atom. The quantitative estimate of drug-likeness (QED) is 0.805. The second kappa shape index (κ2) is 5.14. The lowest BCUT2D eigenvalue weighted by atomic mass is 10.2. The van der Waals surface area contributed by atoms with Crippen molar-refractivity contribution in [2.75, 3.05) is 38.2 Å². The van der Waals surface area contributed by atoms with Crippen molar-refractivity contribution in [1.82, 2.24) is 5.32 Å². The van der Waals surface area contributed by atoms with Gasteiger partial charge < -0.3 is 15.0 Å². The fraction of sp³-hybridized carbons (Fsp3) is 0.500. The maximum atomic E-state index is 5.09. The highest BCUT2D eigenvalue weighted by molar-refractivity contribution is 5.47. The van der Waals surface area contributed by atoms with Crippen LogP contribution in [-0.4, -0.2) is 33.3 Å². The van der Waals surface area contributed by atoms with Crippen LogP contribution in [-0.2, 0) is 11.3 Å². The molecule has 1 aliphatic heterocycles. The van der Waals surface area contributed by atoms with Gasteiger partial charge in [-0.05, 0) is 17.7 Å². The van der Waals surface area contributed by atoms with Crippen LogP contribution in [0, 0.1) is 0 Å². The molecule has 3 nitrogen and oxygen atoms in total. The van der Waals surface area contributed by atoms with Crippen LogP contribution in [0.1, 0.15) is 5.56 Å². The van der Waals surface area contributed by atoms with E-state index in [4.69, 9.17) is 4.74 Å². The van der Waals surface area contributed by atoms with Gasteiger partial charge in [0, 0.05) is 39.0 Å². The molecule has 15 heavy (non-hydrogen) atoms. The van der Waals surface area contributed by atoms with Gasteiger partial charge in [0.25, 0.3) is 0 Å². The molecule has 1 heterocycles. The molecule has 82 valence electrons. The van der Waals surface area contributed by atoms with Crippen LogP contribution in [0.3, 0.4) is 0 Å². The zero-order valence-corrected chi connectivity index (χ0v) is 9.20. The van der Waals surface area contributed by atoms with Gasteiger partial charge in [0.2, 0.25) is 0 Å². The molecule has 1 fully saturated rings. The summed E-state index contributed by atoms with van der Waals surface area (Å²) < 4.78 is 5.09. The summed E-state index contributed by atoms with van der Waals surface area (Å²) in [6.45, 7) is 5.06. The average molecular weight is 206 g/mol. The summed E-state index contributed by atoms with van der Waals surface area (Å²) in [6.07, 6.45) is 0. The number of hydrogen-bond acceptors (Lipinski definition) is 3. The molecule has 0 atom stereocenters. The fourth-order valence-electron chi connectivity index (χ4n) is 1.89. The predicted octanol–water partition coefficient (Wildman–Crippen LogP) is 1.24. The molecule has 0 bridgehead atoms. The first-order valence-corrected chi connectivity index (χ1v) is 5.44. The van der Waals surface area contributed by atoms with E-state index in [0.29, 0.717) is 6.61 Å². The molecule has 1 saturated heterocycles. The van der Waals surface area contributed by atoms with Crippen molar-refractivity contribution >= 4 is 5.69 Å². The van der Waals surface area contributed by atoms with Crippen molar-refractivity contribution in [1.29, 1.82) is 0 Å². The SMILES string of the molecule is COCc1ccc(N2CCNCC2)cc1. The van der Waals surface area contributed by atoms with Gasteiger partial charge in [-0.3, -0.25) is 0 Å². The van der Waals surface area contributed by atoms with Gasteiger partial charge in [0.1, 0.15) is 0 Å². The van der Waals surface area contributed by atoms with E-state index in [1.807, 2.05) is 0 Å². The van der Waals surface area contributed by atoms with Crippen LogP contribution in [0.2, 0.25) is 0 Å². The van der Waals surface area contributed by atoms with Crippen LogP contribution < -0.4 is 10.2 Å². The predicted molar refractivity (Wildman–Crippen MR) is 62.2 cm³/mol. The molecule has 0 radical (unpaired) electrons. The van der Waals surface area contributed by atoms with Crippen molar-refractivity contribution in [3.05, 3.63) is 29.8 Å². The highest BCUT2D eigenvalue weighted by Crippen LogP contribution is 2.15. The van der Waals surface area contributed by atoms with Gasteiger partial charge in [-0.15, -0.1) is 0 Å². The number of rotatable bonds is 3. The van der Waals surface area contributed by atoms with Crippen LogP contribution in [0.5, 0.6) is 0 Å². The molecule has 0 saturated carbocycles. The summed E-state index contributed by atoms with van der Waals surface area (Å²) in [7, 11) is 1.73. The Morgan fingerprint density at radius 2 is 1.87 bits per heavy atom. The van der Waals surface area contributed by atoms with E-state index in [9.17, 15) is 0 Å². The minimum absolute atomic E-state index is 0.696. The van der Waals surface area contributed by atoms with Gasteiger partial charge in [0.05, 0.1) is 6.61 Å². The molecule has 0 aromatic heterocycles. The number of nitrogens with zero attached hydrogens (tertiary/aromatic N) is 1. The monoisotopic (exact) mass is 206 g/mol. The Hall–Kier alpha value is -1.06.